The van der Waals surface area contributed by atoms with Gasteiger partial charge in [-0.3, -0.25) is 0 Å². The smallest absolute Gasteiger partial charge is 0.335 e. The number of hydrogen-bond donors (Lipinski definition) is 3. The van der Waals surface area contributed by atoms with Crippen LogP contribution in [0.2, 0.25) is 0 Å². The first-order valence-electron chi connectivity index (χ1n) is 8.51. The maximum Gasteiger partial charge on any atom is 0.335 e. The van der Waals surface area contributed by atoms with Crippen LogP contribution in [0.1, 0.15) is 32.3 Å². The van der Waals surface area contributed by atoms with Crippen LogP contribution in [0.15, 0.2) is 30.3 Å². The minimum absolute atomic E-state index is 0.0306. The molecule has 0 bridgehead atoms. The first-order chi connectivity index (χ1) is 12.5. The van der Waals surface area contributed by atoms with Crippen LogP contribution >= 0.6 is 0 Å². The molecule has 0 unspecified atom stereocenters. The van der Waals surface area contributed by atoms with E-state index in [1.165, 1.54) is 6.07 Å². The average Bonchev–Trinajstić information content (AvgIpc) is 3.09. The molecular formula is C19H23N4O3+. The molecule has 0 fully saturated rings. The standard InChI is InChI=1S/C19H22N4O3/c1-5-23-19(20-21-22-23)15-9-13(16(24)10-17(15)25)14-8-12(11(2)3)6-7-18(14)26-4/h6-11H,5H2,1-4H3,(H2,20,22,24,25)/p+1. The van der Waals surface area contributed by atoms with Crippen molar-refractivity contribution in [3.05, 3.63) is 35.9 Å². The van der Waals surface area contributed by atoms with Gasteiger partial charge >= 0.3 is 5.82 Å². The second-order valence-corrected chi connectivity index (χ2v) is 6.37. The van der Waals surface area contributed by atoms with E-state index in [2.05, 4.69) is 29.4 Å². The van der Waals surface area contributed by atoms with Crippen molar-refractivity contribution in [3.8, 4) is 39.8 Å². The van der Waals surface area contributed by atoms with Crippen molar-refractivity contribution in [2.45, 2.75) is 33.2 Å². The zero-order chi connectivity index (χ0) is 18.8. The molecule has 0 spiro atoms. The van der Waals surface area contributed by atoms with E-state index in [0.717, 1.165) is 11.1 Å². The van der Waals surface area contributed by atoms with E-state index in [4.69, 9.17) is 4.74 Å². The Morgan fingerprint density at radius 1 is 1.08 bits per heavy atom. The number of hydrogen-bond acceptors (Lipinski definition) is 5. The fourth-order valence-corrected chi connectivity index (χ4v) is 2.91. The van der Waals surface area contributed by atoms with Gasteiger partial charge in [0.2, 0.25) is 0 Å². The van der Waals surface area contributed by atoms with Gasteiger partial charge in [-0.15, -0.1) is 0 Å². The Morgan fingerprint density at radius 2 is 1.81 bits per heavy atom. The fourth-order valence-electron chi connectivity index (χ4n) is 2.91. The predicted molar refractivity (Wildman–Crippen MR) is 97.1 cm³/mol. The van der Waals surface area contributed by atoms with Gasteiger partial charge in [0.25, 0.3) is 0 Å². The molecule has 0 aliphatic carbocycles. The quantitative estimate of drug-likeness (QED) is 0.612. The Morgan fingerprint density at radius 3 is 2.46 bits per heavy atom. The van der Waals surface area contributed by atoms with Crippen molar-refractivity contribution in [2.75, 3.05) is 7.11 Å². The highest BCUT2D eigenvalue weighted by Gasteiger charge is 2.23. The SMILES string of the molecule is CC[n+]1[nH]nnc1-c1cc(-c2cc(C(C)C)ccc2OC)c(O)cc1O. The first kappa shape index (κ1) is 17.7. The minimum atomic E-state index is -0.0682. The lowest BCUT2D eigenvalue weighted by atomic mass is 9.94. The monoisotopic (exact) mass is 355 g/mol. The summed E-state index contributed by atoms with van der Waals surface area (Å²) < 4.78 is 7.19. The van der Waals surface area contributed by atoms with Crippen LogP contribution in [0.3, 0.4) is 0 Å². The van der Waals surface area contributed by atoms with E-state index in [1.807, 2.05) is 25.1 Å². The summed E-state index contributed by atoms with van der Waals surface area (Å²) in [5.41, 5.74) is 2.91. The largest absolute Gasteiger partial charge is 0.507 e. The fraction of sp³-hybridized carbons (Fsp3) is 0.316. The predicted octanol–water partition coefficient (Wildman–Crippen LogP) is 2.99. The number of aromatic amines is 1. The van der Waals surface area contributed by atoms with Gasteiger partial charge in [-0.05, 0) is 36.6 Å². The molecule has 1 heterocycles. The third-order valence-electron chi connectivity index (χ3n) is 4.42. The third kappa shape index (κ3) is 3.08. The van der Waals surface area contributed by atoms with Crippen molar-refractivity contribution in [1.29, 1.82) is 0 Å². The second kappa shape index (κ2) is 7.03. The highest BCUT2D eigenvalue weighted by atomic mass is 16.5. The summed E-state index contributed by atoms with van der Waals surface area (Å²) in [5.74, 6) is 1.37. The van der Waals surface area contributed by atoms with Crippen LogP contribution in [0, 0.1) is 0 Å². The number of phenolic OH excluding ortho intramolecular Hbond substituents is 2. The van der Waals surface area contributed by atoms with Gasteiger partial charge in [-0.25, -0.2) is 0 Å². The van der Waals surface area contributed by atoms with E-state index in [-0.39, 0.29) is 11.5 Å². The van der Waals surface area contributed by atoms with Crippen LogP contribution in [0.4, 0.5) is 0 Å². The molecule has 136 valence electrons. The molecule has 3 rings (SSSR count). The number of methoxy groups -OCH3 is 1. The Kier molecular flexibility index (Phi) is 4.79. The molecule has 7 heteroatoms. The summed E-state index contributed by atoms with van der Waals surface area (Å²) in [4.78, 5) is 0. The van der Waals surface area contributed by atoms with Gasteiger partial charge in [0, 0.05) is 17.2 Å². The van der Waals surface area contributed by atoms with Crippen molar-refractivity contribution < 1.29 is 19.6 Å². The number of aromatic nitrogens is 4. The van der Waals surface area contributed by atoms with Crippen LogP contribution in [-0.2, 0) is 6.54 Å². The Labute approximate surface area is 151 Å². The van der Waals surface area contributed by atoms with E-state index in [0.29, 0.717) is 35.2 Å². The summed E-state index contributed by atoms with van der Waals surface area (Å²) in [6, 6.07) is 8.92. The van der Waals surface area contributed by atoms with Gasteiger partial charge in [0.15, 0.2) is 5.21 Å². The lowest BCUT2D eigenvalue weighted by Crippen LogP contribution is -2.36. The Balaban J connectivity index is 2.23. The first-order valence-corrected chi connectivity index (χ1v) is 8.51. The molecule has 0 aliphatic heterocycles. The van der Waals surface area contributed by atoms with Gasteiger partial charge in [-0.1, -0.05) is 25.1 Å². The maximum atomic E-state index is 10.5. The Hall–Kier alpha value is -3.09. The van der Waals surface area contributed by atoms with Crippen LogP contribution in [-0.4, -0.2) is 32.8 Å². The molecule has 0 amide bonds. The molecule has 2 aromatic carbocycles. The van der Waals surface area contributed by atoms with Gasteiger partial charge < -0.3 is 14.9 Å². The molecule has 0 atom stereocenters. The van der Waals surface area contributed by atoms with Crippen molar-refractivity contribution in [3.63, 3.8) is 0 Å². The molecule has 3 aromatic rings. The lowest BCUT2D eigenvalue weighted by molar-refractivity contribution is -0.741. The van der Waals surface area contributed by atoms with E-state index < -0.39 is 0 Å². The highest BCUT2D eigenvalue weighted by molar-refractivity contribution is 5.82. The number of aromatic hydroxyl groups is 2. The molecule has 0 saturated heterocycles. The maximum absolute atomic E-state index is 10.5. The number of benzene rings is 2. The molecule has 0 radical (unpaired) electrons. The third-order valence-corrected chi connectivity index (χ3v) is 4.42. The summed E-state index contributed by atoms with van der Waals surface area (Å²) in [7, 11) is 1.59. The normalized spacial score (nSPS) is 11.1. The highest BCUT2D eigenvalue weighted by Crippen LogP contribution is 2.42. The molecule has 3 N–H and O–H groups in total. The summed E-state index contributed by atoms with van der Waals surface area (Å²) >= 11 is 0. The van der Waals surface area contributed by atoms with Gasteiger partial charge in [0.1, 0.15) is 22.3 Å². The van der Waals surface area contributed by atoms with Crippen molar-refractivity contribution in [2.24, 2.45) is 0 Å². The Bertz CT molecular complexity index is 935. The number of aryl methyl sites for hydroxylation is 1. The van der Waals surface area contributed by atoms with Crippen LogP contribution < -0.4 is 9.42 Å². The van der Waals surface area contributed by atoms with Crippen LogP contribution in [0.5, 0.6) is 17.2 Å². The van der Waals surface area contributed by atoms with Gasteiger partial charge in [0.05, 0.1) is 19.2 Å². The number of H-pyrrole nitrogens is 1. The van der Waals surface area contributed by atoms with E-state index >= 15 is 0 Å². The van der Waals surface area contributed by atoms with E-state index in [9.17, 15) is 10.2 Å². The number of tetrazole rings is 1. The average molecular weight is 355 g/mol. The number of nitrogens with zero attached hydrogens (tertiary/aromatic N) is 3. The lowest BCUT2D eigenvalue weighted by Gasteiger charge is -2.15. The number of rotatable bonds is 5. The van der Waals surface area contributed by atoms with Crippen LogP contribution in [0.25, 0.3) is 22.5 Å². The molecular weight excluding hydrogens is 332 g/mol. The molecule has 1 aromatic heterocycles. The van der Waals surface area contributed by atoms with Crippen molar-refractivity contribution in [1.82, 2.24) is 15.5 Å². The van der Waals surface area contributed by atoms with Crippen molar-refractivity contribution >= 4 is 0 Å². The zero-order valence-corrected chi connectivity index (χ0v) is 15.3. The van der Waals surface area contributed by atoms with Gasteiger partial charge in [-0.2, -0.15) is 4.68 Å². The second-order valence-electron chi connectivity index (χ2n) is 6.37. The summed E-state index contributed by atoms with van der Waals surface area (Å²) in [5, 5.41) is 31.4. The number of phenols is 2. The summed E-state index contributed by atoms with van der Waals surface area (Å²) in [6.07, 6.45) is 0. The molecule has 7 nitrogen and oxygen atoms in total. The molecule has 0 aliphatic rings. The minimum Gasteiger partial charge on any atom is -0.507 e. The topological polar surface area (TPSA) is 95.1 Å². The number of ether oxygens (including phenoxy) is 1. The molecule has 26 heavy (non-hydrogen) atoms. The number of nitrogens with one attached hydrogen (secondary N) is 1. The van der Waals surface area contributed by atoms with E-state index in [1.54, 1.807) is 17.9 Å². The molecule has 0 saturated carbocycles. The summed E-state index contributed by atoms with van der Waals surface area (Å²) in [6.45, 7) is 6.77. The zero-order valence-electron chi connectivity index (χ0n) is 15.3.